The zero-order chi connectivity index (χ0) is 22.8. The molecule has 5 rings (SSSR count). The molecule has 0 aliphatic carbocycles. The quantitative estimate of drug-likeness (QED) is 0.553. The van der Waals surface area contributed by atoms with Gasteiger partial charge < -0.3 is 10.1 Å². The number of nitrogens with one attached hydrogen (secondary N) is 1. The summed E-state index contributed by atoms with van der Waals surface area (Å²) in [5.41, 5.74) is 4.55. The number of hydrogen-bond acceptors (Lipinski definition) is 5. The average molecular weight is 483 g/mol. The highest BCUT2D eigenvalue weighted by Gasteiger charge is 2.28. The molecule has 6 nitrogen and oxygen atoms in total. The van der Waals surface area contributed by atoms with E-state index in [1.54, 1.807) is 12.1 Å². The molecule has 3 aromatic rings. The van der Waals surface area contributed by atoms with Crippen LogP contribution in [0.3, 0.4) is 0 Å². The normalized spacial score (nSPS) is 15.9. The summed E-state index contributed by atoms with van der Waals surface area (Å²) in [7, 11) is -3.43. The van der Waals surface area contributed by atoms with E-state index in [0.29, 0.717) is 23.8 Å². The molecule has 0 atom stereocenters. The Labute approximate surface area is 198 Å². The zero-order valence-electron chi connectivity index (χ0n) is 18.2. The summed E-state index contributed by atoms with van der Waals surface area (Å²) in [5, 5.41) is 2.94. The third kappa shape index (κ3) is 4.83. The molecule has 2 aliphatic heterocycles. The standard InChI is InChI=1S/C25H26N2O4S2/c28-24(16-22-8-10-25(32-22)33(29,30)27-12-1-2-13-27)26-17-18-3-5-19(6-4-18)20-7-9-23-21(15-20)11-14-31-23/h3-10,15H,1-2,11-14,16-17H2,(H,26,28). The van der Waals surface area contributed by atoms with E-state index in [1.165, 1.54) is 21.2 Å². The van der Waals surface area contributed by atoms with Gasteiger partial charge in [-0.1, -0.05) is 30.3 Å². The lowest BCUT2D eigenvalue weighted by Gasteiger charge is -2.13. The lowest BCUT2D eigenvalue weighted by atomic mass is 10.0. The molecule has 1 N–H and O–H groups in total. The first-order valence-corrected chi connectivity index (χ1v) is 13.5. The minimum atomic E-state index is -3.43. The maximum absolute atomic E-state index is 12.7. The molecule has 2 aromatic carbocycles. The Balaban J connectivity index is 1.16. The highest BCUT2D eigenvalue weighted by Crippen LogP contribution is 2.31. The van der Waals surface area contributed by atoms with Crippen molar-refractivity contribution >= 4 is 27.3 Å². The van der Waals surface area contributed by atoms with Crippen LogP contribution in [0, 0.1) is 0 Å². The van der Waals surface area contributed by atoms with E-state index in [0.717, 1.165) is 53.2 Å². The number of amides is 1. The predicted molar refractivity (Wildman–Crippen MR) is 129 cm³/mol. The van der Waals surface area contributed by atoms with Crippen molar-refractivity contribution in [2.24, 2.45) is 0 Å². The first-order valence-electron chi connectivity index (χ1n) is 11.2. The molecule has 172 valence electrons. The van der Waals surface area contributed by atoms with Gasteiger partial charge in [0.2, 0.25) is 5.91 Å². The van der Waals surface area contributed by atoms with Crippen molar-refractivity contribution < 1.29 is 17.9 Å². The lowest BCUT2D eigenvalue weighted by molar-refractivity contribution is -0.120. The van der Waals surface area contributed by atoms with E-state index in [4.69, 9.17) is 4.74 Å². The SMILES string of the molecule is O=C(Cc1ccc(S(=O)(=O)N2CCCC2)s1)NCc1ccc(-c2ccc3c(c2)CCO3)cc1. The summed E-state index contributed by atoms with van der Waals surface area (Å²) < 4.78 is 32.7. The second-order valence-corrected chi connectivity index (χ2v) is 11.7. The molecule has 1 fully saturated rings. The van der Waals surface area contributed by atoms with E-state index >= 15 is 0 Å². The molecule has 0 spiro atoms. The van der Waals surface area contributed by atoms with Gasteiger partial charge in [0.05, 0.1) is 13.0 Å². The fraction of sp³-hybridized carbons (Fsp3) is 0.320. The monoisotopic (exact) mass is 482 g/mol. The molecular weight excluding hydrogens is 456 g/mol. The van der Waals surface area contributed by atoms with Gasteiger partial charge in [0.25, 0.3) is 10.0 Å². The molecule has 3 heterocycles. The first-order chi connectivity index (χ1) is 16.0. The van der Waals surface area contributed by atoms with Crippen LogP contribution in [-0.2, 0) is 34.2 Å². The number of ether oxygens (including phenoxy) is 1. The molecule has 1 amide bonds. The Hall–Kier alpha value is -2.68. The fourth-order valence-corrected chi connectivity index (χ4v) is 7.28. The van der Waals surface area contributed by atoms with E-state index in [9.17, 15) is 13.2 Å². The third-order valence-corrected chi connectivity index (χ3v) is 9.55. The van der Waals surface area contributed by atoms with Gasteiger partial charge in [-0.25, -0.2) is 8.42 Å². The summed E-state index contributed by atoms with van der Waals surface area (Å²) >= 11 is 1.19. The summed E-state index contributed by atoms with van der Waals surface area (Å²) in [5.74, 6) is 0.856. The average Bonchev–Trinajstić information content (AvgIpc) is 3.59. The molecular formula is C25H26N2O4S2. The topological polar surface area (TPSA) is 75.7 Å². The Morgan fingerprint density at radius 3 is 2.55 bits per heavy atom. The van der Waals surface area contributed by atoms with Crippen LogP contribution < -0.4 is 10.1 Å². The summed E-state index contributed by atoms with van der Waals surface area (Å²) in [6.45, 7) is 2.34. The van der Waals surface area contributed by atoms with Crippen molar-refractivity contribution in [3.05, 3.63) is 70.6 Å². The second kappa shape index (κ2) is 9.29. The first kappa shape index (κ1) is 22.1. The Kier molecular flexibility index (Phi) is 6.23. The summed E-state index contributed by atoms with van der Waals surface area (Å²) in [4.78, 5) is 13.2. The number of hydrogen-bond donors (Lipinski definition) is 1. The smallest absolute Gasteiger partial charge is 0.252 e. The molecule has 0 unspecified atom stereocenters. The van der Waals surface area contributed by atoms with Crippen LogP contribution in [0.25, 0.3) is 11.1 Å². The number of rotatable bonds is 7. The van der Waals surface area contributed by atoms with Crippen molar-refractivity contribution in [2.45, 2.75) is 36.4 Å². The van der Waals surface area contributed by atoms with Crippen LogP contribution >= 0.6 is 11.3 Å². The number of nitrogens with zero attached hydrogens (tertiary/aromatic N) is 1. The minimum absolute atomic E-state index is 0.121. The van der Waals surface area contributed by atoms with E-state index in [1.807, 2.05) is 18.2 Å². The number of thiophene rings is 1. The van der Waals surface area contributed by atoms with Crippen LogP contribution in [0.15, 0.2) is 58.8 Å². The molecule has 1 saturated heterocycles. The zero-order valence-corrected chi connectivity index (χ0v) is 19.9. The van der Waals surface area contributed by atoms with E-state index in [-0.39, 0.29) is 12.3 Å². The van der Waals surface area contributed by atoms with Crippen LogP contribution in [-0.4, -0.2) is 38.3 Å². The number of carbonyl (C=O) groups excluding carboxylic acids is 1. The van der Waals surface area contributed by atoms with Crippen molar-refractivity contribution in [3.63, 3.8) is 0 Å². The van der Waals surface area contributed by atoms with Gasteiger partial charge in [0.15, 0.2) is 0 Å². The summed E-state index contributed by atoms with van der Waals surface area (Å²) in [6, 6.07) is 17.8. The largest absolute Gasteiger partial charge is 0.493 e. The Morgan fingerprint density at radius 2 is 1.76 bits per heavy atom. The maximum atomic E-state index is 12.7. The van der Waals surface area contributed by atoms with Crippen LogP contribution in [0.2, 0.25) is 0 Å². The number of fused-ring (bicyclic) bond motifs is 1. The molecule has 0 saturated carbocycles. The molecule has 1 aromatic heterocycles. The van der Waals surface area contributed by atoms with E-state index < -0.39 is 10.0 Å². The van der Waals surface area contributed by atoms with Crippen molar-refractivity contribution in [2.75, 3.05) is 19.7 Å². The van der Waals surface area contributed by atoms with Crippen molar-refractivity contribution in [1.29, 1.82) is 0 Å². The van der Waals surface area contributed by atoms with Crippen molar-refractivity contribution in [1.82, 2.24) is 9.62 Å². The van der Waals surface area contributed by atoms with Gasteiger partial charge in [0.1, 0.15) is 9.96 Å². The van der Waals surface area contributed by atoms with Crippen molar-refractivity contribution in [3.8, 4) is 16.9 Å². The van der Waals surface area contributed by atoms with Crippen LogP contribution in [0.4, 0.5) is 0 Å². The summed E-state index contributed by atoms with van der Waals surface area (Å²) in [6.07, 6.45) is 2.94. The fourth-order valence-electron chi connectivity index (χ4n) is 4.25. The molecule has 8 heteroatoms. The Bertz CT molecular complexity index is 1260. The number of benzene rings is 2. The second-order valence-electron chi connectivity index (χ2n) is 8.40. The van der Waals surface area contributed by atoms with Gasteiger partial charge in [0, 0.05) is 30.9 Å². The molecule has 33 heavy (non-hydrogen) atoms. The highest BCUT2D eigenvalue weighted by atomic mass is 32.2. The van der Waals surface area contributed by atoms with E-state index in [2.05, 4.69) is 29.6 Å². The maximum Gasteiger partial charge on any atom is 0.252 e. The van der Waals surface area contributed by atoms with Gasteiger partial charge >= 0.3 is 0 Å². The number of carbonyl (C=O) groups is 1. The molecule has 0 bridgehead atoms. The third-order valence-electron chi connectivity index (χ3n) is 6.10. The minimum Gasteiger partial charge on any atom is -0.493 e. The van der Waals surface area contributed by atoms with Crippen LogP contribution in [0.1, 0.15) is 28.8 Å². The van der Waals surface area contributed by atoms with Gasteiger partial charge in [-0.05, 0) is 59.4 Å². The predicted octanol–water partition coefficient (Wildman–Crippen LogP) is 3.99. The Morgan fingerprint density at radius 1 is 1.00 bits per heavy atom. The van der Waals surface area contributed by atoms with Gasteiger partial charge in [-0.15, -0.1) is 11.3 Å². The molecule has 2 aliphatic rings. The van der Waals surface area contributed by atoms with Gasteiger partial charge in [-0.2, -0.15) is 4.31 Å². The van der Waals surface area contributed by atoms with Gasteiger partial charge in [-0.3, -0.25) is 4.79 Å². The highest BCUT2D eigenvalue weighted by molar-refractivity contribution is 7.91. The number of sulfonamides is 1. The van der Waals surface area contributed by atoms with Crippen LogP contribution in [0.5, 0.6) is 5.75 Å². The lowest BCUT2D eigenvalue weighted by Crippen LogP contribution is -2.27. The molecule has 0 radical (unpaired) electrons.